The Morgan fingerprint density at radius 3 is 2.28 bits per heavy atom. The van der Waals surface area contributed by atoms with Crippen molar-refractivity contribution in [3.8, 4) is 0 Å². The van der Waals surface area contributed by atoms with Crippen LogP contribution in [0, 0.1) is 5.92 Å². The Hall–Kier alpha value is -3.79. The first kappa shape index (κ1) is 29.8. The molecule has 1 saturated carbocycles. The normalized spacial score (nSPS) is 13.1. The van der Waals surface area contributed by atoms with E-state index in [1.54, 1.807) is 24.3 Å². The van der Waals surface area contributed by atoms with Crippen LogP contribution in [0.3, 0.4) is 0 Å². The number of ether oxygens (including phenoxy) is 1. The summed E-state index contributed by atoms with van der Waals surface area (Å²) in [7, 11) is 0. The minimum atomic E-state index is -0.452. The quantitative estimate of drug-likeness (QED) is 0.143. The average molecular weight is 553 g/mol. The second kappa shape index (κ2) is 16.2. The predicted octanol–water partition coefficient (Wildman–Crippen LogP) is 4.19. The van der Waals surface area contributed by atoms with Crippen molar-refractivity contribution in [1.29, 1.82) is 0 Å². The van der Waals surface area contributed by atoms with E-state index in [4.69, 9.17) is 17.0 Å². The molecular weight excluding hydrogens is 516 g/mol. The third-order valence-corrected chi connectivity index (χ3v) is 6.64. The number of amides is 3. The molecule has 1 aliphatic carbocycles. The fraction of sp³-hybridized carbons (Fsp3) is 0.414. The van der Waals surface area contributed by atoms with Crippen LogP contribution in [0.5, 0.6) is 0 Å². The summed E-state index contributed by atoms with van der Waals surface area (Å²) in [5, 5.41) is 5.31. The molecule has 0 aliphatic heterocycles. The van der Waals surface area contributed by atoms with Gasteiger partial charge in [0.25, 0.3) is 5.91 Å². The van der Waals surface area contributed by atoms with Gasteiger partial charge in [0, 0.05) is 30.0 Å². The van der Waals surface area contributed by atoms with Crippen molar-refractivity contribution in [2.45, 2.75) is 64.2 Å². The molecule has 39 heavy (non-hydrogen) atoms. The van der Waals surface area contributed by atoms with Gasteiger partial charge in [-0.3, -0.25) is 30.0 Å². The van der Waals surface area contributed by atoms with Crippen LogP contribution in [-0.4, -0.2) is 35.4 Å². The summed E-state index contributed by atoms with van der Waals surface area (Å²) < 4.78 is 5.21. The smallest absolute Gasteiger partial charge is 0.305 e. The lowest BCUT2D eigenvalue weighted by molar-refractivity contribution is -0.143. The highest BCUT2D eigenvalue weighted by Gasteiger charge is 2.21. The standard InChI is InChI=1S/C29H36N4O5S/c34-25(14-7-15-26(35)38-20-8-11-21-9-3-1-4-10-21)31-29(39)33-32-28(37)23-16-18-24(19-17-23)30-27(36)22-12-5-2-6-13-22/h1,3-4,9-10,16-19,22H,2,5-8,11-15,20H2,(H,30,36)(H,32,37)(H2,31,33,34,39). The highest BCUT2D eigenvalue weighted by Crippen LogP contribution is 2.25. The van der Waals surface area contributed by atoms with Gasteiger partial charge in [-0.2, -0.15) is 0 Å². The number of hydrogen-bond donors (Lipinski definition) is 4. The number of esters is 1. The summed E-state index contributed by atoms with van der Waals surface area (Å²) in [5.41, 5.74) is 7.09. The molecule has 1 aliphatic rings. The van der Waals surface area contributed by atoms with E-state index in [-0.39, 0.29) is 41.7 Å². The monoisotopic (exact) mass is 552 g/mol. The summed E-state index contributed by atoms with van der Waals surface area (Å²) in [6.45, 7) is 0.339. The number of aryl methyl sites for hydroxylation is 1. The largest absolute Gasteiger partial charge is 0.466 e. The van der Waals surface area contributed by atoms with E-state index in [1.807, 2.05) is 30.3 Å². The van der Waals surface area contributed by atoms with Gasteiger partial charge in [-0.15, -0.1) is 0 Å². The van der Waals surface area contributed by atoms with Crippen LogP contribution in [0.25, 0.3) is 0 Å². The minimum absolute atomic E-state index is 0.0189. The molecule has 0 spiro atoms. The average Bonchev–Trinajstić information content (AvgIpc) is 2.95. The maximum absolute atomic E-state index is 12.4. The van der Waals surface area contributed by atoms with Crippen molar-refractivity contribution in [3.05, 3.63) is 65.7 Å². The SMILES string of the molecule is O=C(CCCC(=O)OCCCc1ccccc1)NC(=S)NNC(=O)c1ccc(NC(=O)C2CCCCC2)cc1. The zero-order valence-corrected chi connectivity index (χ0v) is 22.8. The van der Waals surface area contributed by atoms with Crippen LogP contribution in [0.15, 0.2) is 54.6 Å². The topological polar surface area (TPSA) is 126 Å². The summed E-state index contributed by atoms with van der Waals surface area (Å²) in [6, 6.07) is 16.5. The van der Waals surface area contributed by atoms with E-state index in [2.05, 4.69) is 21.5 Å². The van der Waals surface area contributed by atoms with Crippen LogP contribution in [0.4, 0.5) is 5.69 Å². The molecule has 0 aromatic heterocycles. The minimum Gasteiger partial charge on any atom is -0.466 e. The van der Waals surface area contributed by atoms with Crippen LogP contribution in [0.1, 0.15) is 73.7 Å². The van der Waals surface area contributed by atoms with Gasteiger partial charge in [0.1, 0.15) is 0 Å². The molecule has 0 radical (unpaired) electrons. The van der Waals surface area contributed by atoms with Crippen molar-refractivity contribution in [2.24, 2.45) is 5.92 Å². The Morgan fingerprint density at radius 1 is 0.846 bits per heavy atom. The number of benzene rings is 2. The first-order chi connectivity index (χ1) is 18.9. The highest BCUT2D eigenvalue weighted by atomic mass is 32.1. The zero-order valence-electron chi connectivity index (χ0n) is 22.0. The Kier molecular flexibility index (Phi) is 12.4. The number of carbonyl (C=O) groups is 4. The molecule has 3 rings (SSSR count). The molecular formula is C29H36N4O5S. The number of hydrogen-bond acceptors (Lipinski definition) is 6. The third kappa shape index (κ3) is 11.2. The fourth-order valence-corrected chi connectivity index (χ4v) is 4.46. The van der Waals surface area contributed by atoms with Crippen molar-refractivity contribution in [3.63, 3.8) is 0 Å². The van der Waals surface area contributed by atoms with E-state index < -0.39 is 5.91 Å². The molecule has 0 bridgehead atoms. The molecule has 10 heteroatoms. The van der Waals surface area contributed by atoms with Crippen molar-refractivity contribution in [2.75, 3.05) is 11.9 Å². The van der Waals surface area contributed by atoms with Crippen molar-refractivity contribution >= 4 is 46.7 Å². The van der Waals surface area contributed by atoms with Crippen LogP contribution < -0.4 is 21.5 Å². The van der Waals surface area contributed by atoms with Crippen LogP contribution in [-0.2, 0) is 25.5 Å². The Labute approximate surface area is 234 Å². The first-order valence-corrected chi connectivity index (χ1v) is 13.8. The van der Waals surface area contributed by atoms with Gasteiger partial charge in [-0.25, -0.2) is 0 Å². The Balaban J connectivity index is 1.25. The Morgan fingerprint density at radius 2 is 1.56 bits per heavy atom. The van der Waals surface area contributed by atoms with Gasteiger partial charge in [0.05, 0.1) is 6.61 Å². The van der Waals surface area contributed by atoms with Crippen molar-refractivity contribution < 1.29 is 23.9 Å². The lowest BCUT2D eigenvalue weighted by atomic mass is 9.88. The van der Waals surface area contributed by atoms with Crippen LogP contribution >= 0.6 is 12.2 Å². The molecule has 9 nitrogen and oxygen atoms in total. The van der Waals surface area contributed by atoms with Crippen LogP contribution in [0.2, 0.25) is 0 Å². The lowest BCUT2D eigenvalue weighted by Crippen LogP contribution is -2.48. The summed E-state index contributed by atoms with van der Waals surface area (Å²) in [5.74, 6) is -1.11. The molecule has 0 heterocycles. The van der Waals surface area contributed by atoms with Crippen molar-refractivity contribution in [1.82, 2.24) is 16.2 Å². The van der Waals surface area contributed by atoms with E-state index in [1.165, 1.54) is 12.0 Å². The van der Waals surface area contributed by atoms with Gasteiger partial charge in [0.15, 0.2) is 5.11 Å². The van der Waals surface area contributed by atoms with E-state index in [0.29, 0.717) is 24.3 Å². The van der Waals surface area contributed by atoms with E-state index >= 15 is 0 Å². The number of carbonyl (C=O) groups excluding carboxylic acids is 4. The fourth-order valence-electron chi connectivity index (χ4n) is 4.29. The molecule has 208 valence electrons. The van der Waals surface area contributed by atoms with E-state index in [9.17, 15) is 19.2 Å². The van der Waals surface area contributed by atoms with Gasteiger partial charge in [0.2, 0.25) is 11.8 Å². The maximum Gasteiger partial charge on any atom is 0.305 e. The Bertz CT molecular complexity index is 1120. The predicted molar refractivity (Wildman–Crippen MR) is 153 cm³/mol. The number of anilines is 1. The first-order valence-electron chi connectivity index (χ1n) is 13.4. The van der Waals surface area contributed by atoms with E-state index in [0.717, 1.165) is 38.5 Å². The molecule has 0 saturated heterocycles. The molecule has 0 atom stereocenters. The summed E-state index contributed by atoms with van der Waals surface area (Å²) in [6.07, 6.45) is 7.28. The zero-order chi connectivity index (χ0) is 27.9. The molecule has 1 fully saturated rings. The summed E-state index contributed by atoms with van der Waals surface area (Å²) in [4.78, 5) is 48.7. The molecule has 2 aromatic rings. The third-order valence-electron chi connectivity index (χ3n) is 6.43. The molecule has 0 unspecified atom stereocenters. The number of thiocarbonyl (C=S) groups is 1. The van der Waals surface area contributed by atoms with Gasteiger partial charge < -0.3 is 15.4 Å². The number of hydrazine groups is 1. The highest BCUT2D eigenvalue weighted by molar-refractivity contribution is 7.80. The molecule has 4 N–H and O–H groups in total. The maximum atomic E-state index is 12.4. The second-order valence-corrected chi connectivity index (χ2v) is 9.93. The summed E-state index contributed by atoms with van der Waals surface area (Å²) >= 11 is 5.04. The molecule has 2 aromatic carbocycles. The second-order valence-electron chi connectivity index (χ2n) is 9.52. The lowest BCUT2D eigenvalue weighted by Gasteiger charge is -2.20. The van der Waals surface area contributed by atoms with Gasteiger partial charge in [-0.1, -0.05) is 49.6 Å². The van der Waals surface area contributed by atoms with Gasteiger partial charge in [-0.05, 0) is 74.2 Å². The number of nitrogens with one attached hydrogen (secondary N) is 4. The van der Waals surface area contributed by atoms with Gasteiger partial charge >= 0.3 is 5.97 Å². The molecule has 3 amide bonds. The number of rotatable bonds is 11.